The molecule has 0 aliphatic rings. The molecule has 2 rings (SSSR count). The number of carbonyl (C=O) groups is 6. The predicted molar refractivity (Wildman–Crippen MR) is 152 cm³/mol. The second-order valence-electron chi connectivity index (χ2n) is 9.52. The Balaban J connectivity index is 1.86. The Hall–Kier alpha value is -4.98. The molecule has 0 aliphatic carbocycles. The third-order valence-corrected chi connectivity index (χ3v) is 5.96. The summed E-state index contributed by atoms with van der Waals surface area (Å²) in [5.74, 6) is -3.57. The molecule has 6 amide bonds. The van der Waals surface area contributed by atoms with Gasteiger partial charge in [0.2, 0.25) is 35.4 Å². The highest BCUT2D eigenvalue weighted by Crippen LogP contribution is 2.11. The minimum Gasteiger partial charge on any atom is -0.508 e. The third-order valence-electron chi connectivity index (χ3n) is 5.96. The maximum atomic E-state index is 13.0. The molecule has 0 saturated heterocycles. The number of benzene rings is 2. The molecule has 2 aromatic carbocycles. The molecular formula is C28H37N7O7. The molecule has 0 fully saturated rings. The number of nitrogens with one attached hydrogen (secondary N) is 5. The van der Waals surface area contributed by atoms with Gasteiger partial charge in [-0.15, -0.1) is 0 Å². The summed E-state index contributed by atoms with van der Waals surface area (Å²) in [5.41, 5.74) is 12.4. The Kier molecular flexibility index (Phi) is 13.4. The van der Waals surface area contributed by atoms with Crippen LogP contribution >= 0.6 is 0 Å². The fraction of sp³-hybridized carbons (Fsp3) is 0.357. The van der Waals surface area contributed by atoms with Crippen molar-refractivity contribution in [1.29, 1.82) is 0 Å². The molecule has 0 aromatic heterocycles. The standard InChI is InChI=1S/C28H37N7O7/c1-17(26(40)31-12-11-23(30)37)34-28(42)22(14-18-5-3-2-4-6-18)35-25(39)16-32-24(38)15-33-27(41)21(29)13-19-7-9-20(36)10-8-19/h2-10,17,21-22,36H,11-16,29H2,1H3,(H2,30,37)(H,31,40)(H,32,38)(H,33,41)(H,34,42)(H,35,39)/t17-,21-,22-/m0/s1. The summed E-state index contributed by atoms with van der Waals surface area (Å²) >= 11 is 0. The monoisotopic (exact) mass is 583 g/mol. The van der Waals surface area contributed by atoms with Gasteiger partial charge in [0, 0.05) is 19.4 Å². The molecule has 0 heterocycles. The van der Waals surface area contributed by atoms with Crippen molar-refractivity contribution in [2.75, 3.05) is 19.6 Å². The molecule has 0 spiro atoms. The Labute approximate surface area is 243 Å². The van der Waals surface area contributed by atoms with Crippen LogP contribution in [0.25, 0.3) is 0 Å². The first-order valence-electron chi connectivity index (χ1n) is 13.2. The first kappa shape index (κ1) is 33.2. The van der Waals surface area contributed by atoms with E-state index in [1.54, 1.807) is 42.5 Å². The lowest BCUT2D eigenvalue weighted by molar-refractivity contribution is -0.132. The second kappa shape index (κ2) is 17.0. The molecule has 0 unspecified atom stereocenters. The van der Waals surface area contributed by atoms with Gasteiger partial charge in [-0.3, -0.25) is 28.8 Å². The first-order chi connectivity index (χ1) is 19.9. The van der Waals surface area contributed by atoms with Gasteiger partial charge in [-0.25, -0.2) is 0 Å². The number of hydrogen-bond donors (Lipinski definition) is 8. The summed E-state index contributed by atoms with van der Waals surface area (Å²) in [4.78, 5) is 73.1. The van der Waals surface area contributed by atoms with Crippen molar-refractivity contribution in [1.82, 2.24) is 26.6 Å². The fourth-order valence-corrected chi connectivity index (χ4v) is 3.66. The third kappa shape index (κ3) is 12.5. The highest BCUT2D eigenvalue weighted by Gasteiger charge is 2.25. The lowest BCUT2D eigenvalue weighted by atomic mass is 10.0. The number of primary amides is 1. The largest absolute Gasteiger partial charge is 0.508 e. The lowest BCUT2D eigenvalue weighted by Gasteiger charge is -2.21. The van der Waals surface area contributed by atoms with Crippen molar-refractivity contribution >= 4 is 35.4 Å². The zero-order valence-corrected chi connectivity index (χ0v) is 23.2. The van der Waals surface area contributed by atoms with Crippen LogP contribution in [0.4, 0.5) is 0 Å². The van der Waals surface area contributed by atoms with E-state index in [-0.39, 0.29) is 31.6 Å². The van der Waals surface area contributed by atoms with Gasteiger partial charge in [0.05, 0.1) is 19.1 Å². The van der Waals surface area contributed by atoms with E-state index in [9.17, 15) is 33.9 Å². The Morgan fingerprint density at radius 2 is 1.36 bits per heavy atom. The van der Waals surface area contributed by atoms with Crippen LogP contribution in [-0.4, -0.2) is 78.3 Å². The topological polar surface area (TPSA) is 235 Å². The van der Waals surface area contributed by atoms with Gasteiger partial charge in [-0.05, 0) is 36.6 Å². The van der Waals surface area contributed by atoms with Crippen molar-refractivity contribution in [3.63, 3.8) is 0 Å². The zero-order chi connectivity index (χ0) is 31.1. The van der Waals surface area contributed by atoms with Crippen LogP contribution in [-0.2, 0) is 41.6 Å². The van der Waals surface area contributed by atoms with Crippen molar-refractivity contribution in [2.24, 2.45) is 11.5 Å². The van der Waals surface area contributed by atoms with E-state index in [1.165, 1.54) is 19.1 Å². The molecule has 0 bridgehead atoms. The Bertz CT molecular complexity index is 1240. The first-order valence-corrected chi connectivity index (χ1v) is 13.2. The summed E-state index contributed by atoms with van der Waals surface area (Å²) in [6, 6.07) is 12.1. The van der Waals surface area contributed by atoms with Gasteiger partial charge in [0.1, 0.15) is 17.8 Å². The van der Waals surface area contributed by atoms with Gasteiger partial charge < -0.3 is 43.2 Å². The van der Waals surface area contributed by atoms with Gasteiger partial charge in [-0.2, -0.15) is 0 Å². The average Bonchev–Trinajstić information content (AvgIpc) is 2.95. The number of rotatable bonds is 16. The number of aromatic hydroxyl groups is 1. The van der Waals surface area contributed by atoms with Crippen LogP contribution in [0.1, 0.15) is 24.5 Å². The molecule has 0 radical (unpaired) electrons. The maximum Gasteiger partial charge on any atom is 0.243 e. The molecular weight excluding hydrogens is 546 g/mol. The van der Waals surface area contributed by atoms with Crippen LogP contribution in [0.5, 0.6) is 5.75 Å². The summed E-state index contributed by atoms with van der Waals surface area (Å²) in [6.07, 6.45) is 0.243. The summed E-state index contributed by atoms with van der Waals surface area (Å²) in [5, 5.41) is 21.7. The van der Waals surface area contributed by atoms with Crippen LogP contribution in [0, 0.1) is 0 Å². The SMILES string of the molecule is C[C@H](NC(=O)[C@H](Cc1ccccc1)NC(=O)CNC(=O)CNC(=O)[C@@H](N)Cc1ccc(O)cc1)C(=O)NCCC(N)=O. The van der Waals surface area contributed by atoms with E-state index in [2.05, 4.69) is 26.6 Å². The lowest BCUT2D eigenvalue weighted by Crippen LogP contribution is -2.55. The van der Waals surface area contributed by atoms with Gasteiger partial charge in [-0.1, -0.05) is 42.5 Å². The van der Waals surface area contributed by atoms with E-state index < -0.39 is 66.7 Å². The summed E-state index contributed by atoms with van der Waals surface area (Å²) in [6.45, 7) is 0.564. The van der Waals surface area contributed by atoms with Crippen LogP contribution < -0.4 is 38.1 Å². The molecule has 14 heteroatoms. The number of carbonyl (C=O) groups excluding carboxylic acids is 6. The minimum absolute atomic E-state index is 0.0169. The van der Waals surface area contributed by atoms with Crippen molar-refractivity contribution in [3.8, 4) is 5.75 Å². The van der Waals surface area contributed by atoms with E-state index >= 15 is 0 Å². The van der Waals surface area contributed by atoms with E-state index in [1.807, 2.05) is 0 Å². The van der Waals surface area contributed by atoms with E-state index in [4.69, 9.17) is 11.5 Å². The Morgan fingerprint density at radius 3 is 2.00 bits per heavy atom. The molecule has 0 aliphatic heterocycles. The van der Waals surface area contributed by atoms with Gasteiger partial charge >= 0.3 is 0 Å². The molecule has 0 saturated carbocycles. The van der Waals surface area contributed by atoms with Crippen molar-refractivity contribution < 1.29 is 33.9 Å². The number of amides is 6. The fourth-order valence-electron chi connectivity index (χ4n) is 3.66. The van der Waals surface area contributed by atoms with Crippen LogP contribution in [0.2, 0.25) is 0 Å². The molecule has 3 atom stereocenters. The highest BCUT2D eigenvalue weighted by atomic mass is 16.3. The predicted octanol–water partition coefficient (Wildman–Crippen LogP) is -2.28. The van der Waals surface area contributed by atoms with Crippen molar-refractivity contribution in [2.45, 2.75) is 44.3 Å². The quantitative estimate of drug-likeness (QED) is 0.107. The number of phenols is 1. The van der Waals surface area contributed by atoms with Gasteiger partial charge in [0.15, 0.2) is 0 Å². The normalized spacial score (nSPS) is 12.6. The molecule has 226 valence electrons. The van der Waals surface area contributed by atoms with E-state index in [0.29, 0.717) is 0 Å². The Morgan fingerprint density at radius 1 is 0.738 bits per heavy atom. The van der Waals surface area contributed by atoms with Gasteiger partial charge in [0.25, 0.3) is 0 Å². The number of hydrogen-bond acceptors (Lipinski definition) is 8. The zero-order valence-electron chi connectivity index (χ0n) is 23.2. The van der Waals surface area contributed by atoms with E-state index in [0.717, 1.165) is 11.1 Å². The smallest absolute Gasteiger partial charge is 0.243 e. The summed E-state index contributed by atoms with van der Waals surface area (Å²) in [7, 11) is 0. The average molecular weight is 584 g/mol. The molecule has 14 nitrogen and oxygen atoms in total. The molecule has 2 aromatic rings. The molecule has 10 N–H and O–H groups in total. The maximum absolute atomic E-state index is 13.0. The minimum atomic E-state index is -1.07. The number of phenolic OH excluding ortho intramolecular Hbond substituents is 1. The molecule has 42 heavy (non-hydrogen) atoms. The van der Waals surface area contributed by atoms with Crippen LogP contribution in [0.15, 0.2) is 54.6 Å². The summed E-state index contributed by atoms with van der Waals surface area (Å²) < 4.78 is 0. The van der Waals surface area contributed by atoms with Crippen LogP contribution in [0.3, 0.4) is 0 Å². The number of nitrogens with two attached hydrogens (primary N) is 2. The van der Waals surface area contributed by atoms with Crippen molar-refractivity contribution in [3.05, 3.63) is 65.7 Å². The highest BCUT2D eigenvalue weighted by molar-refractivity contribution is 5.94. The second-order valence-corrected chi connectivity index (χ2v) is 9.52.